The molecule has 35 heavy (non-hydrogen) atoms. The maximum atomic E-state index is 14.1. The molecular formula is C22H29ClN7O4P. The van der Waals surface area contributed by atoms with Gasteiger partial charge < -0.3 is 20.1 Å². The molecule has 4 rings (SSSR count). The van der Waals surface area contributed by atoms with Crippen molar-refractivity contribution < 1.29 is 19.2 Å². The first-order valence-corrected chi connectivity index (χ1v) is 13.4. The highest BCUT2D eigenvalue weighted by Gasteiger charge is 2.50. The lowest BCUT2D eigenvalue weighted by molar-refractivity contribution is -0.142. The van der Waals surface area contributed by atoms with Gasteiger partial charge in [0.2, 0.25) is 7.44 Å². The van der Waals surface area contributed by atoms with Gasteiger partial charge in [0.25, 0.3) is 0 Å². The van der Waals surface area contributed by atoms with Gasteiger partial charge >= 0.3 is 5.97 Å². The van der Waals surface area contributed by atoms with E-state index in [0.29, 0.717) is 22.7 Å². The fourth-order valence-corrected chi connectivity index (χ4v) is 6.71. The molecule has 11 nitrogen and oxygen atoms in total. The molecule has 3 aromatic rings. The average Bonchev–Trinajstić information content (AvgIpc) is 3.44. The molecule has 2 aromatic heterocycles. The van der Waals surface area contributed by atoms with Crippen molar-refractivity contribution in [2.45, 2.75) is 57.3 Å². The van der Waals surface area contributed by atoms with E-state index in [0.717, 1.165) is 18.4 Å². The molecule has 1 aromatic carbocycles. The number of fused-ring (bicyclic) bond motifs is 1. The predicted molar refractivity (Wildman–Crippen MR) is 133 cm³/mol. The number of nitrogen functional groups attached to an aromatic ring is 1. The number of ether oxygens (including phenoxy) is 1. The molecule has 5 N–H and O–H groups in total. The molecule has 0 bridgehead atoms. The minimum atomic E-state index is -3.54. The average molecular weight is 522 g/mol. The van der Waals surface area contributed by atoms with E-state index in [-0.39, 0.29) is 18.3 Å². The number of carbonyl (C=O) groups is 1. The van der Waals surface area contributed by atoms with Gasteiger partial charge in [-0.25, -0.2) is 25.1 Å². The van der Waals surface area contributed by atoms with Crippen molar-refractivity contribution in [1.82, 2.24) is 29.7 Å². The number of anilines is 1. The maximum Gasteiger partial charge on any atom is 0.323 e. The summed E-state index contributed by atoms with van der Waals surface area (Å²) in [6, 6.07) is 7.33. The van der Waals surface area contributed by atoms with Crippen LogP contribution in [-0.4, -0.2) is 48.6 Å². The molecule has 2 unspecified atom stereocenters. The number of rotatable bonds is 11. The first kappa shape index (κ1) is 25.5. The maximum absolute atomic E-state index is 14.1. The second-order valence-corrected chi connectivity index (χ2v) is 12.0. The molecule has 1 aliphatic rings. The smallest absolute Gasteiger partial charge is 0.323 e. The molecule has 0 saturated heterocycles. The molecule has 2 atom stereocenters. The molecular weight excluding hydrogens is 493 g/mol. The number of halogens is 1. The van der Waals surface area contributed by atoms with Gasteiger partial charge in [-0.1, -0.05) is 23.7 Å². The number of nitrogens with one attached hydrogen (secondary N) is 2. The number of benzene rings is 1. The van der Waals surface area contributed by atoms with Crippen molar-refractivity contribution >= 4 is 42.0 Å². The monoisotopic (exact) mass is 521 g/mol. The first-order chi connectivity index (χ1) is 16.4. The predicted octanol–water partition coefficient (Wildman–Crippen LogP) is 3.35. The largest absolute Gasteiger partial charge is 0.480 e. The lowest BCUT2D eigenvalue weighted by Crippen LogP contribution is -2.49. The molecule has 13 heteroatoms. The van der Waals surface area contributed by atoms with E-state index < -0.39 is 24.5 Å². The van der Waals surface area contributed by atoms with Crippen LogP contribution in [0.15, 0.2) is 36.9 Å². The number of aliphatic carboxylic acids is 1. The highest BCUT2D eigenvalue weighted by atomic mass is 35.5. The van der Waals surface area contributed by atoms with Crippen LogP contribution in [0.5, 0.6) is 0 Å². The fraction of sp³-hybridized carbons (Fsp3) is 0.455. The van der Waals surface area contributed by atoms with Gasteiger partial charge in [-0.2, -0.15) is 0 Å². The summed E-state index contributed by atoms with van der Waals surface area (Å²) in [6.45, 7) is 5.14. The number of imidazole rings is 1. The molecule has 0 amide bonds. The standard InChI is InChI=1S/C22H29ClN7O4P/c1-14(10-30-12-27-17-18(24)25-11-26-19(17)30)34-13-35(33,28-21(2,3)20(31)32)29-22(8-9-22)15-4-6-16(23)7-5-15/h4-7,11-12,14H,8-10,13H2,1-3H3,(H,31,32)(H2,24,25,26)(H2,28,29,33). The zero-order chi connectivity index (χ0) is 25.4. The summed E-state index contributed by atoms with van der Waals surface area (Å²) in [5.41, 5.74) is 5.87. The van der Waals surface area contributed by atoms with E-state index >= 15 is 0 Å². The van der Waals surface area contributed by atoms with Crippen LogP contribution in [0.25, 0.3) is 11.2 Å². The minimum Gasteiger partial charge on any atom is -0.480 e. The van der Waals surface area contributed by atoms with E-state index in [1.54, 1.807) is 23.0 Å². The van der Waals surface area contributed by atoms with E-state index in [1.165, 1.54) is 20.2 Å². The zero-order valence-electron chi connectivity index (χ0n) is 19.7. The van der Waals surface area contributed by atoms with Crippen molar-refractivity contribution in [1.29, 1.82) is 0 Å². The topological polar surface area (TPSA) is 157 Å². The Bertz CT molecular complexity index is 1280. The number of aromatic nitrogens is 4. The number of nitrogens with zero attached hydrogens (tertiary/aromatic N) is 4. The summed E-state index contributed by atoms with van der Waals surface area (Å²) in [4.78, 5) is 24.2. The summed E-state index contributed by atoms with van der Waals surface area (Å²) in [6.07, 6.45) is 3.86. The van der Waals surface area contributed by atoms with E-state index in [4.69, 9.17) is 22.1 Å². The van der Waals surface area contributed by atoms with Crippen LogP contribution in [0.1, 0.15) is 39.2 Å². The second-order valence-electron chi connectivity index (χ2n) is 9.42. The van der Waals surface area contributed by atoms with Crippen molar-refractivity contribution in [3.8, 4) is 0 Å². The molecule has 2 heterocycles. The summed E-state index contributed by atoms with van der Waals surface area (Å²) < 4.78 is 21.9. The SMILES string of the molecule is CC(Cn1cnc2c(N)ncnc21)OCP(=O)(NC(C)(C)C(=O)O)NC1(c2ccc(Cl)cc2)CC1. The Balaban J connectivity index is 1.51. The Hall–Kier alpha value is -2.56. The summed E-state index contributed by atoms with van der Waals surface area (Å²) in [5.74, 6) is -0.834. The van der Waals surface area contributed by atoms with Gasteiger partial charge in [0, 0.05) is 5.02 Å². The highest BCUT2D eigenvalue weighted by molar-refractivity contribution is 7.59. The third kappa shape index (κ3) is 5.65. The van der Waals surface area contributed by atoms with E-state index in [9.17, 15) is 14.5 Å². The molecule has 0 spiro atoms. The number of hydrogen-bond donors (Lipinski definition) is 4. The molecule has 1 fully saturated rings. The van der Waals surface area contributed by atoms with Gasteiger partial charge in [-0.15, -0.1) is 0 Å². The van der Waals surface area contributed by atoms with Gasteiger partial charge in [0.1, 0.15) is 23.7 Å². The molecule has 0 aliphatic heterocycles. The minimum absolute atomic E-state index is 0.218. The molecule has 1 aliphatic carbocycles. The summed E-state index contributed by atoms with van der Waals surface area (Å²) in [7, 11) is -3.54. The van der Waals surface area contributed by atoms with Crippen LogP contribution in [-0.2, 0) is 26.2 Å². The fourth-order valence-electron chi connectivity index (χ4n) is 3.89. The molecule has 0 radical (unpaired) electrons. The van der Waals surface area contributed by atoms with Gasteiger partial charge in [0.05, 0.1) is 24.5 Å². The van der Waals surface area contributed by atoms with Crippen molar-refractivity contribution in [2.24, 2.45) is 0 Å². The molecule has 188 valence electrons. The van der Waals surface area contributed by atoms with Crippen LogP contribution >= 0.6 is 19.0 Å². The van der Waals surface area contributed by atoms with Gasteiger partial charge in [-0.3, -0.25) is 9.36 Å². The van der Waals surface area contributed by atoms with Crippen LogP contribution in [0.3, 0.4) is 0 Å². The summed E-state index contributed by atoms with van der Waals surface area (Å²) >= 11 is 6.03. The number of nitrogens with two attached hydrogens (primary N) is 1. The van der Waals surface area contributed by atoms with E-state index in [2.05, 4.69) is 25.1 Å². The van der Waals surface area contributed by atoms with Gasteiger partial charge in [0.15, 0.2) is 11.5 Å². The quantitative estimate of drug-likeness (QED) is 0.276. The third-order valence-corrected chi connectivity index (χ3v) is 8.43. The Morgan fingerprint density at radius 2 is 2.00 bits per heavy atom. The lowest BCUT2D eigenvalue weighted by Gasteiger charge is -2.33. The third-order valence-electron chi connectivity index (χ3n) is 5.96. The van der Waals surface area contributed by atoms with E-state index in [1.807, 2.05) is 19.1 Å². The first-order valence-electron chi connectivity index (χ1n) is 11.1. The second kappa shape index (κ2) is 9.48. The van der Waals surface area contributed by atoms with Crippen LogP contribution in [0.2, 0.25) is 5.02 Å². The zero-order valence-corrected chi connectivity index (χ0v) is 21.4. The lowest BCUT2D eigenvalue weighted by atomic mass is 10.1. The van der Waals surface area contributed by atoms with Crippen molar-refractivity contribution in [3.05, 3.63) is 47.5 Å². The van der Waals surface area contributed by atoms with Crippen molar-refractivity contribution in [3.63, 3.8) is 0 Å². The Morgan fingerprint density at radius 3 is 2.63 bits per heavy atom. The Kier molecular flexibility index (Phi) is 6.91. The molecule has 1 saturated carbocycles. The number of carboxylic acids is 1. The number of carboxylic acid groups (broad SMARTS) is 1. The number of hydrogen-bond acceptors (Lipinski definition) is 7. The van der Waals surface area contributed by atoms with Crippen LogP contribution < -0.4 is 15.9 Å². The van der Waals surface area contributed by atoms with Crippen LogP contribution in [0.4, 0.5) is 5.82 Å². The Morgan fingerprint density at radius 1 is 1.31 bits per heavy atom. The summed E-state index contributed by atoms with van der Waals surface area (Å²) in [5, 5.41) is 16.3. The highest BCUT2D eigenvalue weighted by Crippen LogP contribution is 2.54. The Labute approximate surface area is 207 Å². The normalized spacial score (nSPS) is 17.7. The van der Waals surface area contributed by atoms with Gasteiger partial charge in [-0.05, 0) is 51.3 Å². The van der Waals surface area contributed by atoms with Crippen LogP contribution in [0, 0.1) is 0 Å². The van der Waals surface area contributed by atoms with Crippen molar-refractivity contribution in [2.75, 3.05) is 12.1 Å².